The molecule has 2 rings (SSSR count). The molecule has 1 aromatic carbocycles. The van der Waals surface area contributed by atoms with Crippen LogP contribution < -0.4 is 5.32 Å². The fourth-order valence-corrected chi connectivity index (χ4v) is 1.60. The molecule has 0 amide bonds. The summed E-state index contributed by atoms with van der Waals surface area (Å²) >= 11 is 0. The Labute approximate surface area is 84.7 Å². The number of carbonyl (C=O) groups excluding carboxylic acids is 1. The quantitative estimate of drug-likeness (QED) is 0.680. The Morgan fingerprint density at radius 2 is 2.27 bits per heavy atom. The number of halogens is 1. The summed E-state index contributed by atoms with van der Waals surface area (Å²) in [4.78, 5) is 22.3. The highest BCUT2D eigenvalue weighted by Crippen LogP contribution is 2.26. The van der Waals surface area contributed by atoms with Crippen LogP contribution in [0.15, 0.2) is 18.2 Å². The van der Waals surface area contributed by atoms with Crippen molar-refractivity contribution in [2.24, 2.45) is 5.92 Å². The maximum Gasteiger partial charge on any atom is 0.316 e. The van der Waals surface area contributed by atoms with Gasteiger partial charge < -0.3 is 10.4 Å². The lowest BCUT2D eigenvalue weighted by Crippen LogP contribution is -2.35. The van der Waals surface area contributed by atoms with Crippen LogP contribution in [0, 0.1) is 11.7 Å². The lowest BCUT2D eigenvalue weighted by atomic mass is 9.92. The van der Waals surface area contributed by atoms with Gasteiger partial charge in [-0.25, -0.2) is 4.39 Å². The second kappa shape index (κ2) is 3.34. The van der Waals surface area contributed by atoms with Crippen LogP contribution in [0.25, 0.3) is 0 Å². The van der Waals surface area contributed by atoms with Crippen molar-refractivity contribution < 1.29 is 19.1 Å². The van der Waals surface area contributed by atoms with E-state index in [0.717, 1.165) is 6.07 Å². The fraction of sp³-hybridized carbons (Fsp3) is 0.200. The molecule has 1 aromatic rings. The average Bonchev–Trinajstić information content (AvgIpc) is 2.17. The van der Waals surface area contributed by atoms with Crippen LogP contribution in [0.3, 0.4) is 0 Å². The summed E-state index contributed by atoms with van der Waals surface area (Å²) in [6, 6.07) is 4.16. The van der Waals surface area contributed by atoms with Gasteiger partial charge in [-0.15, -0.1) is 0 Å². The topological polar surface area (TPSA) is 66.4 Å². The van der Waals surface area contributed by atoms with Crippen LogP contribution in [0.1, 0.15) is 10.4 Å². The van der Waals surface area contributed by atoms with Crippen LogP contribution >= 0.6 is 0 Å². The molecular formula is C10H8FNO3. The molecule has 1 heterocycles. The van der Waals surface area contributed by atoms with Gasteiger partial charge in [-0.1, -0.05) is 6.07 Å². The predicted octanol–water partition coefficient (Wildman–Crippen LogP) is 1.13. The van der Waals surface area contributed by atoms with Crippen molar-refractivity contribution in [1.82, 2.24) is 0 Å². The van der Waals surface area contributed by atoms with Crippen LogP contribution in [0.5, 0.6) is 0 Å². The Bertz CT molecular complexity index is 444. The Morgan fingerprint density at radius 1 is 1.53 bits per heavy atom. The molecule has 1 unspecified atom stereocenters. The first-order chi connectivity index (χ1) is 7.11. The molecule has 2 N–H and O–H groups in total. The number of benzene rings is 1. The number of rotatable bonds is 1. The SMILES string of the molecule is O=C(O)C1CNc2cccc(F)c2C1=O. The highest BCUT2D eigenvalue weighted by atomic mass is 19.1. The predicted molar refractivity (Wildman–Crippen MR) is 50.3 cm³/mol. The number of hydrogen-bond donors (Lipinski definition) is 2. The van der Waals surface area contributed by atoms with E-state index in [9.17, 15) is 14.0 Å². The average molecular weight is 209 g/mol. The smallest absolute Gasteiger partial charge is 0.316 e. The van der Waals surface area contributed by atoms with Gasteiger partial charge in [-0.2, -0.15) is 0 Å². The van der Waals surface area contributed by atoms with E-state index < -0.39 is 23.5 Å². The number of ketones is 1. The first-order valence-electron chi connectivity index (χ1n) is 4.40. The Hall–Kier alpha value is -1.91. The van der Waals surface area contributed by atoms with Crippen molar-refractivity contribution in [3.05, 3.63) is 29.6 Å². The van der Waals surface area contributed by atoms with Crippen molar-refractivity contribution in [1.29, 1.82) is 0 Å². The number of hydrogen-bond acceptors (Lipinski definition) is 3. The highest BCUT2D eigenvalue weighted by Gasteiger charge is 2.34. The summed E-state index contributed by atoms with van der Waals surface area (Å²) in [5.74, 6) is -3.79. The lowest BCUT2D eigenvalue weighted by Gasteiger charge is -2.22. The molecule has 15 heavy (non-hydrogen) atoms. The fourth-order valence-electron chi connectivity index (χ4n) is 1.60. The van der Waals surface area contributed by atoms with E-state index in [4.69, 9.17) is 5.11 Å². The van der Waals surface area contributed by atoms with E-state index in [2.05, 4.69) is 5.32 Å². The first-order valence-corrected chi connectivity index (χ1v) is 4.40. The number of carboxylic acid groups (broad SMARTS) is 1. The number of carboxylic acids is 1. The van der Waals surface area contributed by atoms with Gasteiger partial charge >= 0.3 is 5.97 Å². The molecule has 5 heteroatoms. The van der Waals surface area contributed by atoms with Gasteiger partial charge in [0.2, 0.25) is 0 Å². The first kappa shape index (κ1) is 9.64. The van der Waals surface area contributed by atoms with Gasteiger partial charge in [-0.3, -0.25) is 9.59 Å². The van der Waals surface area contributed by atoms with Gasteiger partial charge in [0.05, 0.1) is 5.56 Å². The normalized spacial score (nSPS) is 19.3. The second-order valence-corrected chi connectivity index (χ2v) is 3.30. The van der Waals surface area contributed by atoms with Crippen molar-refractivity contribution in [3.8, 4) is 0 Å². The molecular weight excluding hydrogens is 201 g/mol. The minimum absolute atomic E-state index is 0.00458. The summed E-state index contributed by atoms with van der Waals surface area (Å²) in [6.45, 7) is 0.00458. The van der Waals surface area contributed by atoms with Crippen molar-refractivity contribution >= 4 is 17.4 Å². The van der Waals surface area contributed by atoms with Crippen molar-refractivity contribution in [2.45, 2.75) is 0 Å². The van der Waals surface area contributed by atoms with Crippen molar-refractivity contribution in [3.63, 3.8) is 0 Å². The number of carbonyl (C=O) groups is 2. The molecule has 0 bridgehead atoms. The number of Topliss-reactive ketones (excluding diaryl/α,β-unsaturated/α-hetero) is 1. The summed E-state index contributed by atoms with van der Waals surface area (Å²) in [5.41, 5.74) is 0.202. The number of fused-ring (bicyclic) bond motifs is 1. The number of aliphatic carboxylic acids is 1. The minimum Gasteiger partial charge on any atom is -0.481 e. The molecule has 0 spiro atoms. The molecule has 1 aliphatic rings. The van der Waals surface area contributed by atoms with Crippen LogP contribution in [-0.2, 0) is 4.79 Å². The van der Waals surface area contributed by atoms with E-state index in [0.29, 0.717) is 5.69 Å². The van der Waals surface area contributed by atoms with E-state index in [1.165, 1.54) is 6.07 Å². The molecule has 1 atom stereocenters. The third-order valence-corrected chi connectivity index (χ3v) is 2.37. The van der Waals surface area contributed by atoms with E-state index in [1.807, 2.05) is 0 Å². The minimum atomic E-state index is -1.23. The van der Waals surface area contributed by atoms with Gasteiger partial charge in [0.1, 0.15) is 11.7 Å². The maximum atomic E-state index is 13.3. The van der Waals surface area contributed by atoms with E-state index in [-0.39, 0.29) is 12.1 Å². The van der Waals surface area contributed by atoms with Crippen LogP contribution in [0.4, 0.5) is 10.1 Å². The summed E-state index contributed by atoms with van der Waals surface area (Å²) in [5, 5.41) is 11.5. The van der Waals surface area contributed by atoms with Gasteiger partial charge in [0, 0.05) is 12.2 Å². The third kappa shape index (κ3) is 1.45. The lowest BCUT2D eigenvalue weighted by molar-refractivity contribution is -0.139. The molecule has 0 radical (unpaired) electrons. The number of nitrogens with one attached hydrogen (secondary N) is 1. The summed E-state index contributed by atoms with van der Waals surface area (Å²) in [7, 11) is 0. The zero-order valence-corrected chi connectivity index (χ0v) is 7.66. The Kier molecular flexibility index (Phi) is 2.15. The monoisotopic (exact) mass is 209 g/mol. The van der Waals surface area contributed by atoms with Gasteiger partial charge in [0.15, 0.2) is 5.78 Å². The second-order valence-electron chi connectivity index (χ2n) is 3.30. The highest BCUT2D eigenvalue weighted by molar-refractivity contribution is 6.13. The van der Waals surface area contributed by atoms with Crippen molar-refractivity contribution in [2.75, 3.05) is 11.9 Å². The molecule has 0 aromatic heterocycles. The molecule has 0 aliphatic carbocycles. The summed E-state index contributed by atoms with van der Waals surface area (Å²) in [6.07, 6.45) is 0. The maximum absolute atomic E-state index is 13.3. The zero-order chi connectivity index (χ0) is 11.0. The van der Waals surface area contributed by atoms with E-state index >= 15 is 0 Å². The molecule has 0 saturated carbocycles. The molecule has 78 valence electrons. The van der Waals surface area contributed by atoms with Crippen LogP contribution in [-0.4, -0.2) is 23.4 Å². The van der Waals surface area contributed by atoms with Gasteiger partial charge in [0.25, 0.3) is 0 Å². The molecule has 4 nitrogen and oxygen atoms in total. The zero-order valence-electron chi connectivity index (χ0n) is 7.66. The van der Waals surface area contributed by atoms with Gasteiger partial charge in [-0.05, 0) is 12.1 Å². The Morgan fingerprint density at radius 3 is 2.93 bits per heavy atom. The molecule has 0 fully saturated rings. The van der Waals surface area contributed by atoms with Crippen LogP contribution in [0.2, 0.25) is 0 Å². The standard InChI is InChI=1S/C10H8FNO3/c11-6-2-1-3-7-8(6)9(13)5(4-12-7)10(14)15/h1-3,5,12H,4H2,(H,14,15). The number of anilines is 1. The molecule has 1 aliphatic heterocycles. The van der Waals surface area contributed by atoms with E-state index in [1.54, 1.807) is 6.07 Å². The largest absolute Gasteiger partial charge is 0.481 e. The summed E-state index contributed by atoms with van der Waals surface area (Å²) < 4.78 is 13.3. The molecule has 0 saturated heterocycles. The third-order valence-electron chi connectivity index (χ3n) is 2.37. The Balaban J connectivity index is 2.50.